The molecule has 0 atom stereocenters. The van der Waals surface area contributed by atoms with Crippen molar-refractivity contribution < 1.29 is 14.7 Å². The van der Waals surface area contributed by atoms with E-state index in [4.69, 9.17) is 5.11 Å². The van der Waals surface area contributed by atoms with Crippen LogP contribution in [-0.4, -0.2) is 17.0 Å². The standard InChI is InChI=1S/C13H17NO3/c1-10-4-2-5-11(8-10)9-14-12(15)6-3-7-13(16)17/h2,4-5,8H,3,6-7,9H2,1H3,(H,14,15)(H,16,17). The number of carboxylic acids is 1. The molecular formula is C13H17NO3. The van der Waals surface area contributed by atoms with E-state index in [2.05, 4.69) is 5.32 Å². The summed E-state index contributed by atoms with van der Waals surface area (Å²) in [7, 11) is 0. The van der Waals surface area contributed by atoms with Gasteiger partial charge in [-0.05, 0) is 18.9 Å². The Balaban J connectivity index is 2.26. The van der Waals surface area contributed by atoms with Gasteiger partial charge in [-0.2, -0.15) is 0 Å². The molecule has 1 rings (SSSR count). The average molecular weight is 235 g/mol. The predicted octanol–water partition coefficient (Wildman–Crippen LogP) is 1.87. The monoisotopic (exact) mass is 235 g/mol. The second kappa shape index (κ2) is 6.68. The van der Waals surface area contributed by atoms with Crippen molar-refractivity contribution in [2.24, 2.45) is 0 Å². The molecule has 0 unspecified atom stereocenters. The van der Waals surface area contributed by atoms with Crippen molar-refractivity contribution in [1.82, 2.24) is 5.32 Å². The molecule has 1 amide bonds. The van der Waals surface area contributed by atoms with Gasteiger partial charge in [-0.15, -0.1) is 0 Å². The van der Waals surface area contributed by atoms with E-state index in [0.29, 0.717) is 13.0 Å². The molecule has 0 aliphatic rings. The van der Waals surface area contributed by atoms with E-state index in [-0.39, 0.29) is 18.7 Å². The van der Waals surface area contributed by atoms with Crippen molar-refractivity contribution in [2.75, 3.05) is 0 Å². The van der Waals surface area contributed by atoms with E-state index in [1.54, 1.807) is 0 Å². The van der Waals surface area contributed by atoms with Crippen LogP contribution >= 0.6 is 0 Å². The molecule has 1 aromatic rings. The van der Waals surface area contributed by atoms with E-state index < -0.39 is 5.97 Å². The molecule has 0 radical (unpaired) electrons. The van der Waals surface area contributed by atoms with Gasteiger partial charge in [0.05, 0.1) is 0 Å². The zero-order chi connectivity index (χ0) is 12.7. The van der Waals surface area contributed by atoms with Crippen LogP contribution in [-0.2, 0) is 16.1 Å². The van der Waals surface area contributed by atoms with Gasteiger partial charge in [0.1, 0.15) is 0 Å². The first kappa shape index (κ1) is 13.2. The summed E-state index contributed by atoms with van der Waals surface area (Å²) in [6.07, 6.45) is 0.685. The van der Waals surface area contributed by atoms with Crippen molar-refractivity contribution in [2.45, 2.75) is 32.7 Å². The third-order valence-electron chi connectivity index (χ3n) is 2.37. The predicted molar refractivity (Wildman–Crippen MR) is 64.5 cm³/mol. The fraction of sp³-hybridized carbons (Fsp3) is 0.385. The highest BCUT2D eigenvalue weighted by atomic mass is 16.4. The van der Waals surface area contributed by atoms with Gasteiger partial charge >= 0.3 is 5.97 Å². The molecule has 17 heavy (non-hydrogen) atoms. The molecule has 0 spiro atoms. The van der Waals surface area contributed by atoms with Crippen LogP contribution in [0, 0.1) is 6.92 Å². The van der Waals surface area contributed by atoms with Crippen LogP contribution in [0.25, 0.3) is 0 Å². The smallest absolute Gasteiger partial charge is 0.303 e. The number of carboxylic acid groups (broad SMARTS) is 1. The molecule has 0 saturated heterocycles. The maximum absolute atomic E-state index is 11.4. The molecule has 0 fully saturated rings. The number of rotatable bonds is 6. The number of hydrogen-bond donors (Lipinski definition) is 2. The summed E-state index contributed by atoms with van der Waals surface area (Å²) in [5, 5.41) is 11.2. The van der Waals surface area contributed by atoms with Crippen molar-refractivity contribution in [3.05, 3.63) is 35.4 Å². The Morgan fingerprint density at radius 3 is 2.71 bits per heavy atom. The quantitative estimate of drug-likeness (QED) is 0.791. The summed E-state index contributed by atoms with van der Waals surface area (Å²) >= 11 is 0. The van der Waals surface area contributed by atoms with Crippen molar-refractivity contribution in [1.29, 1.82) is 0 Å². The number of nitrogens with one attached hydrogen (secondary N) is 1. The first-order chi connectivity index (χ1) is 8.08. The second-order valence-corrected chi connectivity index (χ2v) is 4.01. The fourth-order valence-corrected chi connectivity index (χ4v) is 1.51. The molecule has 2 N–H and O–H groups in total. The maximum Gasteiger partial charge on any atom is 0.303 e. The Bertz CT molecular complexity index is 401. The Kier molecular flexibility index (Phi) is 5.20. The van der Waals surface area contributed by atoms with E-state index in [9.17, 15) is 9.59 Å². The van der Waals surface area contributed by atoms with Gasteiger partial charge in [0.2, 0.25) is 5.91 Å². The van der Waals surface area contributed by atoms with Gasteiger partial charge < -0.3 is 10.4 Å². The highest BCUT2D eigenvalue weighted by Gasteiger charge is 2.03. The van der Waals surface area contributed by atoms with Crippen LogP contribution in [0.5, 0.6) is 0 Å². The fourth-order valence-electron chi connectivity index (χ4n) is 1.51. The molecule has 0 aliphatic carbocycles. The van der Waals surface area contributed by atoms with Gasteiger partial charge in [-0.25, -0.2) is 0 Å². The molecule has 0 bridgehead atoms. The summed E-state index contributed by atoms with van der Waals surface area (Å²) in [6, 6.07) is 7.90. The minimum atomic E-state index is -0.864. The van der Waals surface area contributed by atoms with Crippen LogP contribution in [0.3, 0.4) is 0 Å². The zero-order valence-corrected chi connectivity index (χ0v) is 9.90. The number of carbonyl (C=O) groups is 2. The second-order valence-electron chi connectivity index (χ2n) is 4.01. The van der Waals surface area contributed by atoms with Crippen LogP contribution < -0.4 is 5.32 Å². The lowest BCUT2D eigenvalue weighted by Gasteiger charge is -2.05. The number of benzene rings is 1. The minimum absolute atomic E-state index is 0.0395. The molecular weight excluding hydrogens is 218 g/mol. The zero-order valence-electron chi connectivity index (χ0n) is 9.90. The Hall–Kier alpha value is -1.84. The number of amides is 1. The summed E-state index contributed by atoms with van der Waals surface area (Å²) in [6.45, 7) is 2.49. The van der Waals surface area contributed by atoms with Crippen LogP contribution in [0.4, 0.5) is 0 Å². The van der Waals surface area contributed by atoms with Gasteiger partial charge in [0, 0.05) is 19.4 Å². The Morgan fingerprint density at radius 2 is 2.06 bits per heavy atom. The summed E-state index contributed by atoms with van der Waals surface area (Å²) in [5.41, 5.74) is 2.21. The maximum atomic E-state index is 11.4. The van der Waals surface area contributed by atoms with Crippen LogP contribution in [0.2, 0.25) is 0 Å². The largest absolute Gasteiger partial charge is 0.481 e. The first-order valence-corrected chi connectivity index (χ1v) is 5.62. The van der Waals surface area contributed by atoms with Gasteiger partial charge in [0.15, 0.2) is 0 Å². The molecule has 0 aromatic heterocycles. The molecule has 0 aliphatic heterocycles. The molecule has 92 valence electrons. The summed E-state index contributed by atoms with van der Waals surface area (Å²) < 4.78 is 0. The van der Waals surface area contributed by atoms with Crippen LogP contribution in [0.1, 0.15) is 30.4 Å². The molecule has 1 aromatic carbocycles. The van der Waals surface area contributed by atoms with Gasteiger partial charge in [-0.1, -0.05) is 29.8 Å². The lowest BCUT2D eigenvalue weighted by Crippen LogP contribution is -2.22. The van der Waals surface area contributed by atoms with Crippen molar-refractivity contribution in [3.8, 4) is 0 Å². The van der Waals surface area contributed by atoms with Gasteiger partial charge in [0.25, 0.3) is 0 Å². The molecule has 4 heteroatoms. The summed E-state index contributed by atoms with van der Waals surface area (Å²) in [5.74, 6) is -0.968. The first-order valence-electron chi connectivity index (χ1n) is 5.62. The third kappa shape index (κ3) is 5.70. The Morgan fingerprint density at radius 1 is 1.29 bits per heavy atom. The topological polar surface area (TPSA) is 66.4 Å². The minimum Gasteiger partial charge on any atom is -0.481 e. The third-order valence-corrected chi connectivity index (χ3v) is 2.37. The van der Waals surface area contributed by atoms with E-state index in [0.717, 1.165) is 11.1 Å². The molecule has 0 saturated carbocycles. The highest BCUT2D eigenvalue weighted by Crippen LogP contribution is 2.03. The SMILES string of the molecule is Cc1cccc(CNC(=O)CCCC(=O)O)c1. The van der Waals surface area contributed by atoms with Crippen molar-refractivity contribution >= 4 is 11.9 Å². The normalized spacial score (nSPS) is 9.94. The molecule has 0 heterocycles. The number of aliphatic carboxylic acids is 1. The average Bonchev–Trinajstić information content (AvgIpc) is 2.26. The van der Waals surface area contributed by atoms with E-state index >= 15 is 0 Å². The number of aryl methyl sites for hydroxylation is 1. The highest BCUT2D eigenvalue weighted by molar-refractivity contribution is 5.76. The van der Waals surface area contributed by atoms with Crippen LogP contribution in [0.15, 0.2) is 24.3 Å². The lowest BCUT2D eigenvalue weighted by atomic mass is 10.1. The number of hydrogen-bond acceptors (Lipinski definition) is 2. The summed E-state index contributed by atoms with van der Waals surface area (Å²) in [4.78, 5) is 21.6. The lowest BCUT2D eigenvalue weighted by molar-refractivity contribution is -0.137. The van der Waals surface area contributed by atoms with Crippen molar-refractivity contribution in [3.63, 3.8) is 0 Å². The number of carbonyl (C=O) groups excluding carboxylic acids is 1. The molecule has 4 nitrogen and oxygen atoms in total. The van der Waals surface area contributed by atoms with Gasteiger partial charge in [-0.3, -0.25) is 9.59 Å². The Labute approximate surface area is 101 Å². The van der Waals surface area contributed by atoms with E-state index in [1.165, 1.54) is 0 Å². The van der Waals surface area contributed by atoms with E-state index in [1.807, 2.05) is 31.2 Å².